The smallest absolute Gasteiger partial charge is 0.0642 e. The summed E-state index contributed by atoms with van der Waals surface area (Å²) in [6, 6.07) is 32.7. The van der Waals surface area contributed by atoms with Crippen LogP contribution in [0.3, 0.4) is 0 Å². The minimum atomic E-state index is 0.823. The lowest BCUT2D eigenvalue weighted by Gasteiger charge is -2.17. The summed E-state index contributed by atoms with van der Waals surface area (Å²) in [6.07, 6.45) is 9.63. The van der Waals surface area contributed by atoms with Crippen molar-refractivity contribution in [1.82, 2.24) is 0 Å². The van der Waals surface area contributed by atoms with Crippen LogP contribution in [0.15, 0.2) is 101 Å². The van der Waals surface area contributed by atoms with E-state index in [4.69, 9.17) is 9.98 Å². The van der Waals surface area contributed by atoms with Gasteiger partial charge in [-0.2, -0.15) is 0 Å². The number of nitrogens with zero attached hydrogens (tertiary/aromatic N) is 2. The highest BCUT2D eigenvalue weighted by molar-refractivity contribution is 6.31. The van der Waals surface area contributed by atoms with Crippen LogP contribution < -0.4 is 0 Å². The van der Waals surface area contributed by atoms with Crippen molar-refractivity contribution in [3.05, 3.63) is 108 Å². The van der Waals surface area contributed by atoms with E-state index in [1.807, 2.05) is 6.21 Å². The van der Waals surface area contributed by atoms with Crippen molar-refractivity contribution in [1.29, 1.82) is 0 Å². The van der Waals surface area contributed by atoms with E-state index >= 15 is 0 Å². The Balaban J connectivity index is 1.78. The summed E-state index contributed by atoms with van der Waals surface area (Å²) in [7, 11) is 0. The molecule has 4 aromatic rings. The molecular weight excluding hydrogens is 472 g/mol. The number of aliphatic imine (C=N–C) groups is 2. The second-order valence-corrected chi connectivity index (χ2v) is 10.4. The summed E-state index contributed by atoms with van der Waals surface area (Å²) < 4.78 is 0. The first-order valence-electron chi connectivity index (χ1n) is 14.6. The van der Waals surface area contributed by atoms with Crippen molar-refractivity contribution in [3.8, 4) is 22.3 Å². The monoisotopic (exact) mass is 514 g/mol. The van der Waals surface area contributed by atoms with Crippen LogP contribution in [-0.4, -0.2) is 11.9 Å². The summed E-state index contributed by atoms with van der Waals surface area (Å²) in [5.74, 6) is 0. The van der Waals surface area contributed by atoms with E-state index in [1.54, 1.807) is 0 Å². The van der Waals surface area contributed by atoms with E-state index in [9.17, 15) is 0 Å². The molecule has 0 saturated heterocycles. The zero-order valence-corrected chi connectivity index (χ0v) is 24.1. The van der Waals surface area contributed by atoms with Crippen LogP contribution in [0.25, 0.3) is 22.3 Å². The molecule has 0 aromatic heterocycles. The van der Waals surface area contributed by atoms with Gasteiger partial charge in [-0.15, -0.1) is 0 Å². The fourth-order valence-electron chi connectivity index (χ4n) is 5.06. The van der Waals surface area contributed by atoms with Gasteiger partial charge in [-0.3, -0.25) is 9.98 Å². The molecule has 0 bridgehead atoms. The van der Waals surface area contributed by atoms with Gasteiger partial charge in [0.2, 0.25) is 0 Å². The number of hydrogen-bond acceptors (Lipinski definition) is 2. The molecule has 0 unspecified atom stereocenters. The average molecular weight is 515 g/mol. The summed E-state index contributed by atoms with van der Waals surface area (Å²) in [5, 5.41) is 0. The number of unbranched alkanes of at least 4 members (excludes halogenated alkanes) is 2. The van der Waals surface area contributed by atoms with Gasteiger partial charge in [0, 0.05) is 6.21 Å². The Morgan fingerprint density at radius 3 is 2.03 bits per heavy atom. The second kappa shape index (κ2) is 14.4. The lowest BCUT2D eigenvalue weighted by atomic mass is 9.88. The van der Waals surface area contributed by atoms with Gasteiger partial charge < -0.3 is 0 Å². The fourth-order valence-corrected chi connectivity index (χ4v) is 5.06. The van der Waals surface area contributed by atoms with Crippen molar-refractivity contribution in [2.45, 2.75) is 72.6 Å². The van der Waals surface area contributed by atoms with Crippen LogP contribution >= 0.6 is 0 Å². The Morgan fingerprint density at radius 2 is 1.36 bits per heavy atom. The molecular formula is C37H42N2. The van der Waals surface area contributed by atoms with Gasteiger partial charge in [0.15, 0.2) is 0 Å². The maximum atomic E-state index is 5.14. The molecule has 0 atom stereocenters. The normalized spacial score (nSPS) is 11.8. The van der Waals surface area contributed by atoms with Crippen LogP contribution in [0.5, 0.6) is 0 Å². The van der Waals surface area contributed by atoms with Crippen LogP contribution in [0, 0.1) is 6.92 Å². The molecule has 0 fully saturated rings. The number of hydrogen-bond donors (Lipinski definition) is 0. The average Bonchev–Trinajstić information content (AvgIpc) is 2.97. The summed E-state index contributed by atoms with van der Waals surface area (Å²) in [5.41, 5.74) is 12.0. The molecule has 4 rings (SSSR count). The van der Waals surface area contributed by atoms with E-state index in [0.29, 0.717) is 0 Å². The van der Waals surface area contributed by atoms with Gasteiger partial charge >= 0.3 is 0 Å². The molecule has 0 saturated carbocycles. The summed E-state index contributed by atoms with van der Waals surface area (Å²) in [4.78, 5) is 10.0. The molecule has 0 heterocycles. The maximum Gasteiger partial charge on any atom is 0.0642 e. The Labute approximate surface area is 235 Å². The first-order valence-corrected chi connectivity index (χ1v) is 14.6. The minimum Gasteiger partial charge on any atom is -0.255 e. The van der Waals surface area contributed by atoms with Crippen molar-refractivity contribution < 1.29 is 0 Å². The first kappa shape index (κ1) is 28.2. The van der Waals surface area contributed by atoms with Crippen molar-refractivity contribution in [3.63, 3.8) is 0 Å². The predicted molar refractivity (Wildman–Crippen MR) is 171 cm³/mol. The van der Waals surface area contributed by atoms with E-state index in [1.165, 1.54) is 51.8 Å². The highest BCUT2D eigenvalue weighted by atomic mass is 14.8. The second-order valence-electron chi connectivity index (χ2n) is 10.4. The van der Waals surface area contributed by atoms with Crippen molar-refractivity contribution in [2.75, 3.05) is 0 Å². The molecule has 0 aliphatic rings. The third kappa shape index (κ3) is 7.86. The maximum absolute atomic E-state index is 5.14. The molecule has 200 valence electrons. The fraction of sp³-hybridized carbons (Fsp3) is 0.297. The van der Waals surface area contributed by atoms with Gasteiger partial charge in [-0.25, -0.2) is 0 Å². The van der Waals surface area contributed by atoms with Crippen molar-refractivity contribution >= 4 is 23.3 Å². The lowest BCUT2D eigenvalue weighted by Crippen LogP contribution is -1.99. The lowest BCUT2D eigenvalue weighted by molar-refractivity contribution is 0.794. The topological polar surface area (TPSA) is 24.7 Å². The molecule has 2 nitrogen and oxygen atoms in total. The van der Waals surface area contributed by atoms with E-state index in [-0.39, 0.29) is 0 Å². The minimum absolute atomic E-state index is 0.823. The molecule has 4 aromatic carbocycles. The SMILES string of the molecule is CCCCc1cc(C)cc(N=CC(CC)=Nc2cc(CCCC)c(-c3ccccc3)c(-c3ccccc3)c2)c1. The third-order valence-corrected chi connectivity index (χ3v) is 7.09. The zero-order chi connectivity index (χ0) is 27.5. The van der Waals surface area contributed by atoms with Crippen LogP contribution in [-0.2, 0) is 12.8 Å². The van der Waals surface area contributed by atoms with Crippen LogP contribution in [0.1, 0.15) is 69.6 Å². The van der Waals surface area contributed by atoms with Gasteiger partial charge in [0.05, 0.1) is 17.1 Å². The number of benzene rings is 4. The van der Waals surface area contributed by atoms with Crippen molar-refractivity contribution in [2.24, 2.45) is 9.98 Å². The third-order valence-electron chi connectivity index (χ3n) is 7.09. The zero-order valence-electron chi connectivity index (χ0n) is 24.1. The molecule has 0 radical (unpaired) electrons. The molecule has 2 heteroatoms. The van der Waals surface area contributed by atoms with E-state index in [0.717, 1.165) is 49.2 Å². The Hall–Kier alpha value is -3.78. The van der Waals surface area contributed by atoms with E-state index in [2.05, 4.69) is 119 Å². The van der Waals surface area contributed by atoms with Gasteiger partial charge in [-0.1, -0.05) is 100 Å². The Kier molecular flexibility index (Phi) is 10.4. The van der Waals surface area contributed by atoms with E-state index < -0.39 is 0 Å². The first-order chi connectivity index (χ1) is 19.1. The van der Waals surface area contributed by atoms with Crippen LogP contribution in [0.4, 0.5) is 11.4 Å². The van der Waals surface area contributed by atoms with Gasteiger partial charge in [0.25, 0.3) is 0 Å². The molecule has 0 spiro atoms. The molecule has 39 heavy (non-hydrogen) atoms. The largest absolute Gasteiger partial charge is 0.255 e. The number of aryl methyl sites for hydroxylation is 3. The number of rotatable bonds is 12. The summed E-state index contributed by atoms with van der Waals surface area (Å²) >= 11 is 0. The van der Waals surface area contributed by atoms with Crippen LogP contribution in [0.2, 0.25) is 0 Å². The molecule has 0 amide bonds. The highest BCUT2D eigenvalue weighted by Gasteiger charge is 2.15. The summed E-state index contributed by atoms with van der Waals surface area (Å²) in [6.45, 7) is 8.80. The molecule has 0 aliphatic carbocycles. The Bertz CT molecular complexity index is 1400. The molecule has 0 aliphatic heterocycles. The highest BCUT2D eigenvalue weighted by Crippen LogP contribution is 2.39. The molecule has 0 N–H and O–H groups in total. The van der Waals surface area contributed by atoms with Gasteiger partial charge in [-0.05, 0) is 102 Å². The standard InChI is InChI=1S/C37H42N2/c1-5-8-16-29-22-28(4)23-34(24-29)38-27-33(7-3)39-35-25-32(17-9-6-2)37(31-20-14-11-15-21-31)36(26-35)30-18-12-10-13-19-30/h10-15,18-27H,5-9,16-17H2,1-4H3. The Morgan fingerprint density at radius 1 is 0.692 bits per heavy atom. The predicted octanol–water partition coefficient (Wildman–Crippen LogP) is 10.9. The quantitative estimate of drug-likeness (QED) is 0.168. The van der Waals surface area contributed by atoms with Gasteiger partial charge in [0.1, 0.15) is 0 Å².